The van der Waals surface area contributed by atoms with Crippen LogP contribution in [0.2, 0.25) is 0 Å². The van der Waals surface area contributed by atoms with Gasteiger partial charge >= 0.3 is 0 Å². The van der Waals surface area contributed by atoms with Crippen LogP contribution in [0.5, 0.6) is 0 Å². The van der Waals surface area contributed by atoms with E-state index >= 15 is 0 Å². The van der Waals surface area contributed by atoms with Crippen LogP contribution in [-0.4, -0.2) is 58.5 Å². The fraction of sp³-hybridized carbons (Fsp3) is 0.750. The molecule has 124 valence electrons. The van der Waals surface area contributed by atoms with E-state index in [1.54, 1.807) is 0 Å². The summed E-state index contributed by atoms with van der Waals surface area (Å²) in [6.45, 7) is 11.9. The molecule has 0 saturated carbocycles. The second-order valence-electron chi connectivity index (χ2n) is 6.46. The zero-order valence-corrected chi connectivity index (χ0v) is 14.2. The minimum Gasteiger partial charge on any atom is -0.372 e. The summed E-state index contributed by atoms with van der Waals surface area (Å²) in [7, 11) is 0. The number of nitrogens with one attached hydrogen (secondary N) is 1. The zero-order chi connectivity index (χ0) is 16.3. The molecule has 6 heteroatoms. The molecule has 0 aliphatic carbocycles. The second kappa shape index (κ2) is 7.24. The molecular formula is C16H28N4O2. The maximum atomic E-state index is 12.3. The van der Waals surface area contributed by atoms with Crippen molar-refractivity contribution in [3.63, 3.8) is 0 Å². The van der Waals surface area contributed by atoms with Gasteiger partial charge in [0.05, 0.1) is 31.0 Å². The van der Waals surface area contributed by atoms with Crippen LogP contribution in [0.4, 0.5) is 0 Å². The lowest BCUT2D eigenvalue weighted by Gasteiger charge is -2.35. The summed E-state index contributed by atoms with van der Waals surface area (Å²) in [5.41, 5.74) is 1.14. The van der Waals surface area contributed by atoms with E-state index in [0.29, 0.717) is 19.6 Å². The van der Waals surface area contributed by atoms with Gasteiger partial charge in [-0.2, -0.15) is 5.10 Å². The smallest absolute Gasteiger partial charge is 0.236 e. The van der Waals surface area contributed by atoms with Gasteiger partial charge in [0.2, 0.25) is 5.91 Å². The van der Waals surface area contributed by atoms with Gasteiger partial charge in [-0.25, -0.2) is 0 Å². The van der Waals surface area contributed by atoms with Gasteiger partial charge in [-0.3, -0.25) is 9.48 Å². The van der Waals surface area contributed by atoms with Crippen molar-refractivity contribution >= 4 is 5.91 Å². The van der Waals surface area contributed by atoms with E-state index in [2.05, 4.69) is 24.3 Å². The maximum Gasteiger partial charge on any atom is 0.236 e. The Morgan fingerprint density at radius 3 is 2.59 bits per heavy atom. The van der Waals surface area contributed by atoms with Gasteiger partial charge in [-0.05, 0) is 40.2 Å². The van der Waals surface area contributed by atoms with Crippen molar-refractivity contribution in [1.29, 1.82) is 0 Å². The molecule has 1 saturated heterocycles. The van der Waals surface area contributed by atoms with E-state index in [1.165, 1.54) is 0 Å². The molecule has 22 heavy (non-hydrogen) atoms. The van der Waals surface area contributed by atoms with Gasteiger partial charge in [0.1, 0.15) is 0 Å². The molecule has 0 aromatic carbocycles. The van der Waals surface area contributed by atoms with Crippen molar-refractivity contribution in [2.45, 2.75) is 58.9 Å². The highest BCUT2D eigenvalue weighted by Crippen LogP contribution is 2.12. The molecule has 1 amide bonds. The average Bonchev–Trinajstić information content (AvgIpc) is 2.89. The maximum absolute atomic E-state index is 12.3. The van der Waals surface area contributed by atoms with Gasteiger partial charge in [0.15, 0.2) is 0 Å². The standard InChI is InChI=1S/C16H28N4O2/c1-11-6-18-20(8-11)15(5)14(4)17-7-16(21)19-9-12(2)22-13(3)10-19/h6,8,12-15,17H,7,9-10H2,1-5H3/t12-,13-,14-,15+/m0/s1. The molecule has 1 aliphatic heterocycles. The van der Waals surface area contributed by atoms with Crippen LogP contribution in [0.15, 0.2) is 12.4 Å². The number of nitrogens with zero attached hydrogens (tertiary/aromatic N) is 3. The highest BCUT2D eigenvalue weighted by molar-refractivity contribution is 5.78. The molecular weight excluding hydrogens is 280 g/mol. The van der Waals surface area contributed by atoms with Gasteiger partial charge in [0, 0.05) is 25.3 Å². The quantitative estimate of drug-likeness (QED) is 0.892. The Morgan fingerprint density at radius 2 is 2.05 bits per heavy atom. The number of ether oxygens (including phenoxy) is 1. The van der Waals surface area contributed by atoms with Gasteiger partial charge < -0.3 is 15.0 Å². The third-order valence-electron chi connectivity index (χ3n) is 4.22. The first-order valence-corrected chi connectivity index (χ1v) is 8.04. The van der Waals surface area contributed by atoms with E-state index in [0.717, 1.165) is 5.56 Å². The lowest BCUT2D eigenvalue weighted by Crippen LogP contribution is -2.51. The lowest BCUT2D eigenvalue weighted by atomic mass is 10.1. The molecule has 2 rings (SSSR count). The van der Waals surface area contributed by atoms with E-state index < -0.39 is 0 Å². The van der Waals surface area contributed by atoms with Gasteiger partial charge in [-0.1, -0.05) is 0 Å². The number of aromatic nitrogens is 2. The largest absolute Gasteiger partial charge is 0.372 e. The van der Waals surface area contributed by atoms with Crippen LogP contribution in [0.1, 0.15) is 39.3 Å². The fourth-order valence-corrected chi connectivity index (χ4v) is 2.80. The predicted octanol–water partition coefficient (Wildman–Crippen LogP) is 1.37. The summed E-state index contributed by atoms with van der Waals surface area (Å²) in [4.78, 5) is 14.2. The van der Waals surface area contributed by atoms with E-state index in [9.17, 15) is 4.79 Å². The molecule has 6 nitrogen and oxygen atoms in total. The average molecular weight is 308 g/mol. The normalized spacial score (nSPS) is 25.0. The third-order valence-corrected chi connectivity index (χ3v) is 4.22. The monoisotopic (exact) mass is 308 g/mol. The minimum atomic E-state index is 0.107. The number of hydrogen-bond donors (Lipinski definition) is 1. The number of carbonyl (C=O) groups is 1. The van der Waals surface area contributed by atoms with Crippen molar-refractivity contribution in [1.82, 2.24) is 20.0 Å². The molecule has 0 unspecified atom stereocenters. The predicted molar refractivity (Wildman–Crippen MR) is 85.7 cm³/mol. The van der Waals surface area contributed by atoms with Crippen LogP contribution in [-0.2, 0) is 9.53 Å². The number of carbonyl (C=O) groups excluding carboxylic acids is 1. The Morgan fingerprint density at radius 1 is 1.41 bits per heavy atom. The molecule has 1 aromatic heterocycles. The minimum absolute atomic E-state index is 0.107. The lowest BCUT2D eigenvalue weighted by molar-refractivity contribution is -0.142. The number of amides is 1. The molecule has 0 bridgehead atoms. The first-order chi connectivity index (χ1) is 10.4. The van der Waals surface area contributed by atoms with E-state index in [1.807, 2.05) is 42.7 Å². The number of hydrogen-bond acceptors (Lipinski definition) is 4. The Kier molecular flexibility index (Phi) is 5.58. The number of rotatable bonds is 5. The van der Waals surface area contributed by atoms with Crippen LogP contribution in [0.25, 0.3) is 0 Å². The van der Waals surface area contributed by atoms with Crippen LogP contribution >= 0.6 is 0 Å². The van der Waals surface area contributed by atoms with Gasteiger partial charge in [0.25, 0.3) is 0 Å². The Balaban J connectivity index is 1.82. The first-order valence-electron chi connectivity index (χ1n) is 8.04. The zero-order valence-electron chi connectivity index (χ0n) is 14.2. The van der Waals surface area contributed by atoms with Gasteiger partial charge in [-0.15, -0.1) is 0 Å². The van der Waals surface area contributed by atoms with Crippen molar-refractivity contribution in [3.05, 3.63) is 18.0 Å². The SMILES string of the molecule is Cc1cnn([C@H](C)[C@H](C)NCC(=O)N2C[C@H](C)O[C@@H](C)C2)c1. The third kappa shape index (κ3) is 4.30. The Hall–Kier alpha value is -1.40. The fourth-order valence-electron chi connectivity index (χ4n) is 2.80. The summed E-state index contributed by atoms with van der Waals surface area (Å²) < 4.78 is 7.61. The van der Waals surface area contributed by atoms with Crippen LogP contribution in [0, 0.1) is 6.92 Å². The van der Waals surface area contributed by atoms with Crippen molar-refractivity contribution in [3.8, 4) is 0 Å². The summed E-state index contributed by atoms with van der Waals surface area (Å²) >= 11 is 0. The highest BCUT2D eigenvalue weighted by Gasteiger charge is 2.26. The summed E-state index contributed by atoms with van der Waals surface area (Å²) in [5.74, 6) is 0.137. The van der Waals surface area contributed by atoms with Crippen molar-refractivity contribution in [2.24, 2.45) is 0 Å². The Bertz CT molecular complexity index is 492. The Labute approximate surface area is 132 Å². The highest BCUT2D eigenvalue weighted by atomic mass is 16.5. The summed E-state index contributed by atoms with van der Waals surface area (Å²) in [5, 5.41) is 7.66. The molecule has 4 atom stereocenters. The van der Waals surface area contributed by atoms with E-state index in [4.69, 9.17) is 4.74 Å². The van der Waals surface area contributed by atoms with Crippen molar-refractivity contribution in [2.75, 3.05) is 19.6 Å². The van der Waals surface area contributed by atoms with Crippen LogP contribution < -0.4 is 5.32 Å². The molecule has 1 fully saturated rings. The molecule has 0 spiro atoms. The second-order valence-corrected chi connectivity index (χ2v) is 6.46. The number of morpholine rings is 1. The van der Waals surface area contributed by atoms with Crippen molar-refractivity contribution < 1.29 is 9.53 Å². The molecule has 0 radical (unpaired) electrons. The molecule has 2 heterocycles. The number of aryl methyl sites for hydroxylation is 1. The molecule has 1 aromatic rings. The molecule has 1 aliphatic rings. The summed E-state index contributed by atoms with van der Waals surface area (Å²) in [6.07, 6.45) is 4.09. The topological polar surface area (TPSA) is 59.4 Å². The summed E-state index contributed by atoms with van der Waals surface area (Å²) in [6, 6.07) is 0.364. The molecule has 1 N–H and O–H groups in total. The van der Waals surface area contributed by atoms with Crippen LogP contribution in [0.3, 0.4) is 0 Å². The van der Waals surface area contributed by atoms with E-state index in [-0.39, 0.29) is 30.2 Å². The first kappa shape index (κ1) is 17.0.